The predicted octanol–water partition coefficient (Wildman–Crippen LogP) is 7.21. The second-order valence-electron chi connectivity index (χ2n) is 8.89. The van der Waals surface area contributed by atoms with E-state index in [1.807, 2.05) is 12.2 Å². The van der Waals surface area contributed by atoms with Crippen LogP contribution in [-0.4, -0.2) is 35.0 Å². The van der Waals surface area contributed by atoms with E-state index in [1.54, 1.807) is 0 Å². The first-order valence-corrected chi connectivity index (χ1v) is 12.2. The summed E-state index contributed by atoms with van der Waals surface area (Å²) in [6.45, 7) is 15.5. The van der Waals surface area contributed by atoms with E-state index >= 15 is 0 Å². The molecule has 0 amide bonds. The molecule has 2 unspecified atom stereocenters. The molecule has 1 heterocycles. The summed E-state index contributed by atoms with van der Waals surface area (Å²) in [5.74, 6) is 0. The van der Waals surface area contributed by atoms with Crippen molar-refractivity contribution >= 4 is 0 Å². The van der Waals surface area contributed by atoms with E-state index in [4.69, 9.17) is 0 Å². The van der Waals surface area contributed by atoms with Crippen molar-refractivity contribution in [1.29, 1.82) is 0 Å². The van der Waals surface area contributed by atoms with Gasteiger partial charge in [0.15, 0.2) is 0 Å². The van der Waals surface area contributed by atoms with E-state index in [9.17, 15) is 0 Å². The first kappa shape index (κ1) is 24.1. The van der Waals surface area contributed by atoms with E-state index in [2.05, 4.69) is 97.5 Å². The van der Waals surface area contributed by atoms with Gasteiger partial charge in [0.25, 0.3) is 0 Å². The van der Waals surface area contributed by atoms with Gasteiger partial charge < -0.3 is 4.90 Å². The number of hydrogen-bond acceptors (Lipinski definition) is 2. The number of nitrogens with zero attached hydrogens (tertiary/aromatic N) is 2. The van der Waals surface area contributed by atoms with Crippen LogP contribution in [0.25, 0.3) is 0 Å². The second kappa shape index (κ2) is 12.5. The molecule has 0 bridgehead atoms. The second-order valence-corrected chi connectivity index (χ2v) is 8.89. The van der Waals surface area contributed by atoms with E-state index < -0.39 is 0 Å². The lowest BCUT2D eigenvalue weighted by molar-refractivity contribution is 0.0981. The summed E-state index contributed by atoms with van der Waals surface area (Å²) in [6, 6.07) is 12.0. The maximum absolute atomic E-state index is 4.00. The van der Waals surface area contributed by atoms with Gasteiger partial charge in [-0.15, -0.1) is 0 Å². The fraction of sp³-hybridized carbons (Fsp3) is 0.400. The van der Waals surface area contributed by atoms with Gasteiger partial charge in [-0.3, -0.25) is 4.90 Å². The predicted molar refractivity (Wildman–Crippen MR) is 139 cm³/mol. The molecule has 1 saturated carbocycles. The highest BCUT2D eigenvalue weighted by molar-refractivity contribution is 5.40. The van der Waals surface area contributed by atoms with Crippen molar-refractivity contribution in [3.05, 3.63) is 108 Å². The number of rotatable bonds is 9. The lowest BCUT2D eigenvalue weighted by Gasteiger charge is -2.42. The van der Waals surface area contributed by atoms with Crippen LogP contribution in [0.3, 0.4) is 0 Å². The van der Waals surface area contributed by atoms with Gasteiger partial charge in [-0.1, -0.05) is 80.3 Å². The van der Waals surface area contributed by atoms with Gasteiger partial charge in [0, 0.05) is 30.9 Å². The lowest BCUT2D eigenvalue weighted by atomic mass is 9.99. The quantitative estimate of drug-likeness (QED) is 0.383. The lowest BCUT2D eigenvalue weighted by Crippen LogP contribution is -2.48. The molecule has 2 heteroatoms. The van der Waals surface area contributed by atoms with E-state index in [0.717, 1.165) is 25.9 Å². The van der Waals surface area contributed by atoms with Crippen molar-refractivity contribution < 1.29 is 0 Å². The van der Waals surface area contributed by atoms with Crippen LogP contribution in [0.1, 0.15) is 51.5 Å². The SMILES string of the molecule is C=C/C=C1/CC(N(CC2CCCCN2Cc2ccccc2)C(/C=C\C)=C/C=C)C/C1=C/C. The Morgan fingerprint density at radius 1 is 1.06 bits per heavy atom. The van der Waals surface area contributed by atoms with Crippen LogP contribution in [0, 0.1) is 0 Å². The molecule has 1 aliphatic heterocycles. The van der Waals surface area contributed by atoms with Crippen molar-refractivity contribution in [3.63, 3.8) is 0 Å². The minimum absolute atomic E-state index is 0.468. The van der Waals surface area contributed by atoms with E-state index in [0.29, 0.717) is 12.1 Å². The average molecular weight is 429 g/mol. The number of likely N-dealkylation sites (tertiary alicyclic amines) is 1. The molecule has 0 aromatic heterocycles. The van der Waals surface area contributed by atoms with Gasteiger partial charge >= 0.3 is 0 Å². The Labute approximate surface area is 196 Å². The molecule has 0 N–H and O–H groups in total. The molecule has 2 atom stereocenters. The van der Waals surface area contributed by atoms with Crippen molar-refractivity contribution in [2.24, 2.45) is 0 Å². The number of benzene rings is 1. The minimum atomic E-state index is 0.468. The maximum atomic E-state index is 4.00. The van der Waals surface area contributed by atoms with Crippen LogP contribution in [0.5, 0.6) is 0 Å². The van der Waals surface area contributed by atoms with Crippen LogP contribution < -0.4 is 0 Å². The molecule has 170 valence electrons. The third-order valence-corrected chi connectivity index (χ3v) is 6.77. The molecular weight excluding hydrogens is 388 g/mol. The highest BCUT2D eigenvalue weighted by Gasteiger charge is 2.32. The first-order chi connectivity index (χ1) is 15.7. The normalized spacial score (nSPS) is 25.0. The monoisotopic (exact) mass is 428 g/mol. The van der Waals surface area contributed by atoms with Gasteiger partial charge in [-0.25, -0.2) is 0 Å². The Morgan fingerprint density at radius 2 is 1.84 bits per heavy atom. The molecule has 1 aliphatic carbocycles. The number of allylic oxidation sites excluding steroid dienone is 7. The van der Waals surface area contributed by atoms with Crippen LogP contribution in [0.15, 0.2) is 103 Å². The fourth-order valence-electron chi connectivity index (χ4n) is 5.21. The zero-order valence-corrected chi connectivity index (χ0v) is 20.0. The Bertz CT molecular complexity index is 871. The summed E-state index contributed by atoms with van der Waals surface area (Å²) in [5, 5.41) is 0. The minimum Gasteiger partial charge on any atom is -0.366 e. The fourth-order valence-corrected chi connectivity index (χ4v) is 5.21. The topological polar surface area (TPSA) is 6.48 Å². The Morgan fingerprint density at radius 3 is 2.53 bits per heavy atom. The summed E-state index contributed by atoms with van der Waals surface area (Å²) >= 11 is 0. The standard InChI is InChI=1S/C30H40N2/c1-5-14-27-22-30(21-26(27)8-4)32(28(15-6-2)16-7-3)24-29-19-12-13-20-31(29)23-25-17-10-9-11-18-25/h5-11,14-18,29-30H,1-2,12-13,19-24H2,3-4H3/b16-7-,26-8-,27-14-,28-15+. The van der Waals surface area contributed by atoms with Gasteiger partial charge in [0.2, 0.25) is 0 Å². The highest BCUT2D eigenvalue weighted by atomic mass is 15.2. The zero-order chi connectivity index (χ0) is 22.8. The Kier molecular flexibility index (Phi) is 9.37. The molecule has 1 aromatic carbocycles. The van der Waals surface area contributed by atoms with Gasteiger partial charge in [0.1, 0.15) is 0 Å². The van der Waals surface area contributed by atoms with Crippen LogP contribution in [0.2, 0.25) is 0 Å². The Hall–Kier alpha value is -2.58. The molecular formula is C30H40N2. The van der Waals surface area contributed by atoms with Crippen molar-refractivity contribution in [2.75, 3.05) is 13.1 Å². The summed E-state index contributed by atoms with van der Waals surface area (Å²) < 4.78 is 0. The van der Waals surface area contributed by atoms with Crippen LogP contribution in [-0.2, 0) is 6.54 Å². The molecule has 1 aromatic rings. The van der Waals surface area contributed by atoms with Crippen molar-refractivity contribution in [3.8, 4) is 0 Å². The van der Waals surface area contributed by atoms with Gasteiger partial charge in [0.05, 0.1) is 0 Å². The third kappa shape index (κ3) is 6.23. The van der Waals surface area contributed by atoms with Gasteiger partial charge in [-0.2, -0.15) is 0 Å². The first-order valence-electron chi connectivity index (χ1n) is 12.2. The zero-order valence-electron chi connectivity index (χ0n) is 20.0. The molecule has 0 radical (unpaired) electrons. The van der Waals surface area contributed by atoms with Crippen molar-refractivity contribution in [2.45, 2.75) is 64.6 Å². The average Bonchev–Trinajstić information content (AvgIpc) is 3.22. The molecule has 2 aliphatic rings. The molecule has 32 heavy (non-hydrogen) atoms. The molecule has 0 spiro atoms. The molecule has 3 rings (SSSR count). The summed E-state index contributed by atoms with van der Waals surface area (Å²) in [5.41, 5.74) is 5.58. The summed E-state index contributed by atoms with van der Waals surface area (Å²) in [4.78, 5) is 5.36. The van der Waals surface area contributed by atoms with E-state index in [-0.39, 0.29) is 0 Å². The highest BCUT2D eigenvalue weighted by Crippen LogP contribution is 2.36. The maximum Gasteiger partial charge on any atom is 0.0371 e. The summed E-state index contributed by atoms with van der Waals surface area (Å²) in [7, 11) is 0. The number of hydrogen-bond donors (Lipinski definition) is 0. The Balaban J connectivity index is 1.87. The summed E-state index contributed by atoms with van der Waals surface area (Å²) in [6.07, 6.45) is 21.0. The molecule has 1 saturated heterocycles. The largest absolute Gasteiger partial charge is 0.366 e. The smallest absolute Gasteiger partial charge is 0.0371 e. The van der Waals surface area contributed by atoms with Crippen LogP contribution >= 0.6 is 0 Å². The van der Waals surface area contributed by atoms with E-state index in [1.165, 1.54) is 48.2 Å². The van der Waals surface area contributed by atoms with Crippen LogP contribution in [0.4, 0.5) is 0 Å². The van der Waals surface area contributed by atoms with Gasteiger partial charge in [-0.05, 0) is 74.9 Å². The molecule has 2 fully saturated rings. The third-order valence-electron chi connectivity index (χ3n) is 6.77. The van der Waals surface area contributed by atoms with Crippen molar-refractivity contribution in [1.82, 2.24) is 9.80 Å². The number of piperidine rings is 1. The molecule has 2 nitrogen and oxygen atoms in total.